The van der Waals surface area contributed by atoms with Gasteiger partial charge < -0.3 is 14.2 Å². The molecule has 3 aromatic carbocycles. The van der Waals surface area contributed by atoms with E-state index >= 15 is 0 Å². The van der Waals surface area contributed by atoms with Crippen LogP contribution in [-0.2, 0) is 17.8 Å². The summed E-state index contributed by atoms with van der Waals surface area (Å²) in [7, 11) is 0. The summed E-state index contributed by atoms with van der Waals surface area (Å²) in [6.45, 7) is 14.0. The number of nitrogens with zero attached hydrogens (tertiary/aromatic N) is 1. The molecule has 0 bridgehead atoms. The minimum absolute atomic E-state index is 0. The standard InChI is InChI=1S/C36H42N2O5S.ClH/c1-22-23(2)33-31(24(3)32(22)42-20-26-10-7-6-8-11-26)29(36(4,5)43-33)19-38-17-9-12-27(38)21-41-28-15-13-25(14-16-28)18-30-34(39)37-35(40)44-30;/h6-8,10-11,13-16,27,29-30H,9,12,17-21H2,1-5H3,(H,37,39,40);1H/t27-,29?,30?;/m0./s1. The van der Waals surface area contributed by atoms with E-state index in [4.69, 9.17) is 14.2 Å². The second-order valence-corrected chi connectivity index (χ2v) is 14.0. The van der Waals surface area contributed by atoms with Gasteiger partial charge >= 0.3 is 0 Å². The molecule has 0 spiro atoms. The van der Waals surface area contributed by atoms with Crippen LogP contribution < -0.4 is 19.5 Å². The molecule has 2 saturated heterocycles. The first kappa shape index (κ1) is 33.2. The highest BCUT2D eigenvalue weighted by atomic mass is 35.5. The third kappa shape index (κ3) is 6.98. The van der Waals surface area contributed by atoms with Crippen molar-refractivity contribution >= 4 is 35.3 Å². The number of fused-ring (bicyclic) bond motifs is 1. The predicted octanol–water partition coefficient (Wildman–Crippen LogP) is 7.30. The summed E-state index contributed by atoms with van der Waals surface area (Å²) in [5.74, 6) is 2.80. The fourth-order valence-electron chi connectivity index (χ4n) is 6.82. The Morgan fingerprint density at radius 3 is 2.38 bits per heavy atom. The molecule has 9 heteroatoms. The van der Waals surface area contributed by atoms with Crippen molar-refractivity contribution in [1.29, 1.82) is 0 Å². The predicted molar refractivity (Wildman–Crippen MR) is 181 cm³/mol. The van der Waals surface area contributed by atoms with Crippen LogP contribution >= 0.6 is 24.2 Å². The number of hydrogen-bond donors (Lipinski definition) is 1. The molecule has 2 fully saturated rings. The van der Waals surface area contributed by atoms with Crippen molar-refractivity contribution in [3.05, 3.63) is 88.0 Å². The number of nitrogens with one attached hydrogen (secondary N) is 1. The molecular weight excluding hydrogens is 608 g/mol. The molecule has 3 aliphatic rings. The van der Waals surface area contributed by atoms with Gasteiger partial charge in [0.05, 0.1) is 5.25 Å². The minimum atomic E-state index is -0.363. The average molecular weight is 651 g/mol. The van der Waals surface area contributed by atoms with Crippen LogP contribution in [0.1, 0.15) is 66.0 Å². The maximum atomic E-state index is 11.9. The monoisotopic (exact) mass is 650 g/mol. The number of thioether (sulfide) groups is 1. The third-order valence-corrected chi connectivity index (χ3v) is 10.5. The number of halogens is 1. The molecule has 7 nitrogen and oxygen atoms in total. The van der Waals surface area contributed by atoms with Gasteiger partial charge in [-0.15, -0.1) is 12.4 Å². The lowest BCUT2D eigenvalue weighted by Gasteiger charge is -2.33. The zero-order chi connectivity index (χ0) is 31.0. The van der Waals surface area contributed by atoms with Crippen molar-refractivity contribution in [3.63, 3.8) is 0 Å². The Morgan fingerprint density at radius 1 is 0.956 bits per heavy atom. The summed E-state index contributed by atoms with van der Waals surface area (Å²) in [6, 6.07) is 18.5. The Morgan fingerprint density at radius 2 is 1.69 bits per heavy atom. The molecule has 0 radical (unpaired) electrons. The Balaban J connectivity index is 0.00000400. The van der Waals surface area contributed by atoms with Crippen molar-refractivity contribution in [1.82, 2.24) is 10.2 Å². The Kier molecular flexibility index (Phi) is 10.1. The largest absolute Gasteiger partial charge is 0.492 e. The zero-order valence-electron chi connectivity index (χ0n) is 26.7. The molecule has 2 unspecified atom stereocenters. The maximum Gasteiger partial charge on any atom is 0.286 e. The van der Waals surface area contributed by atoms with E-state index in [1.807, 2.05) is 42.5 Å². The van der Waals surface area contributed by atoms with Crippen molar-refractivity contribution in [2.24, 2.45) is 0 Å². The van der Waals surface area contributed by atoms with Gasteiger partial charge in [0.25, 0.3) is 5.24 Å². The molecule has 1 N–H and O–H groups in total. The molecule has 45 heavy (non-hydrogen) atoms. The van der Waals surface area contributed by atoms with E-state index in [0.717, 1.165) is 77.2 Å². The van der Waals surface area contributed by atoms with Crippen LogP contribution in [0, 0.1) is 20.8 Å². The number of rotatable bonds is 10. The lowest BCUT2D eigenvalue weighted by Crippen LogP contribution is -2.42. The quantitative estimate of drug-likeness (QED) is 0.247. The third-order valence-electron chi connectivity index (χ3n) is 9.48. The molecule has 240 valence electrons. The smallest absolute Gasteiger partial charge is 0.286 e. The molecule has 0 aromatic heterocycles. The first-order valence-electron chi connectivity index (χ1n) is 15.6. The van der Waals surface area contributed by atoms with Gasteiger partial charge in [0.2, 0.25) is 5.91 Å². The number of benzene rings is 3. The van der Waals surface area contributed by atoms with E-state index in [9.17, 15) is 9.59 Å². The number of hydrogen-bond acceptors (Lipinski definition) is 7. The van der Waals surface area contributed by atoms with E-state index in [0.29, 0.717) is 25.7 Å². The lowest BCUT2D eigenvalue weighted by atomic mass is 9.82. The Hall–Kier alpha value is -3.20. The van der Waals surface area contributed by atoms with Crippen molar-refractivity contribution in [3.8, 4) is 17.2 Å². The van der Waals surface area contributed by atoms with Crippen LogP contribution in [0.5, 0.6) is 17.2 Å². The summed E-state index contributed by atoms with van der Waals surface area (Å²) in [6.07, 6.45) is 2.76. The molecule has 3 aliphatic heterocycles. The van der Waals surface area contributed by atoms with Crippen LogP contribution in [0.2, 0.25) is 0 Å². The average Bonchev–Trinajstić information content (AvgIpc) is 3.66. The van der Waals surface area contributed by atoms with Gasteiger partial charge in [-0.3, -0.25) is 19.8 Å². The highest BCUT2D eigenvalue weighted by Crippen LogP contribution is 2.52. The first-order chi connectivity index (χ1) is 21.1. The lowest BCUT2D eigenvalue weighted by molar-refractivity contribution is -0.118. The molecule has 0 aliphatic carbocycles. The SMILES string of the molecule is Cc1c(C)c2c(c(C)c1OCc1ccccc1)C(CN1CCC[C@H]1COc1ccc(CC3SC(=O)NC3=O)cc1)C(C)(C)O2.Cl. The topological polar surface area (TPSA) is 77.1 Å². The molecule has 6 rings (SSSR count). The normalized spacial score (nSPS) is 22.0. The fraction of sp³-hybridized carbons (Fsp3) is 0.444. The molecule has 3 atom stereocenters. The van der Waals surface area contributed by atoms with Gasteiger partial charge in [-0.1, -0.05) is 54.2 Å². The van der Waals surface area contributed by atoms with Gasteiger partial charge in [0.15, 0.2) is 0 Å². The first-order valence-corrected chi connectivity index (χ1v) is 16.5. The van der Waals surface area contributed by atoms with Gasteiger partial charge in [-0.2, -0.15) is 0 Å². The van der Waals surface area contributed by atoms with Crippen LogP contribution in [0.25, 0.3) is 0 Å². The number of carbonyl (C=O) groups excluding carboxylic acids is 2. The van der Waals surface area contributed by atoms with Gasteiger partial charge in [-0.05, 0) is 100 Å². The molecule has 3 aromatic rings. The maximum absolute atomic E-state index is 11.9. The van der Waals surface area contributed by atoms with Gasteiger partial charge in [-0.25, -0.2) is 0 Å². The molecule has 3 heterocycles. The second-order valence-electron chi connectivity index (χ2n) is 12.8. The van der Waals surface area contributed by atoms with Crippen LogP contribution in [0.3, 0.4) is 0 Å². The van der Waals surface area contributed by atoms with E-state index < -0.39 is 0 Å². The van der Waals surface area contributed by atoms with E-state index in [1.54, 1.807) is 0 Å². The second kappa shape index (κ2) is 13.7. The summed E-state index contributed by atoms with van der Waals surface area (Å²) >= 11 is 1.06. The number of ether oxygens (including phenoxy) is 3. The van der Waals surface area contributed by atoms with E-state index in [1.165, 1.54) is 11.1 Å². The highest BCUT2D eigenvalue weighted by molar-refractivity contribution is 8.15. The number of imide groups is 1. The molecule has 2 amide bonds. The zero-order valence-corrected chi connectivity index (χ0v) is 28.3. The fourth-order valence-corrected chi connectivity index (χ4v) is 7.68. The van der Waals surface area contributed by atoms with E-state index in [-0.39, 0.29) is 40.3 Å². The van der Waals surface area contributed by atoms with Crippen LogP contribution in [0.4, 0.5) is 4.79 Å². The summed E-state index contributed by atoms with van der Waals surface area (Å²) < 4.78 is 19.5. The highest BCUT2D eigenvalue weighted by Gasteiger charge is 2.46. The van der Waals surface area contributed by atoms with Crippen molar-refractivity contribution < 1.29 is 23.8 Å². The molecular formula is C36H43ClN2O5S. The summed E-state index contributed by atoms with van der Waals surface area (Å²) in [5, 5.41) is 1.72. The van der Waals surface area contributed by atoms with Crippen LogP contribution in [-0.4, -0.2) is 52.6 Å². The number of likely N-dealkylation sites (tertiary alicyclic amines) is 1. The van der Waals surface area contributed by atoms with Crippen LogP contribution in [0.15, 0.2) is 54.6 Å². The Labute approximate surface area is 276 Å². The molecule has 0 saturated carbocycles. The van der Waals surface area contributed by atoms with Gasteiger partial charge in [0.1, 0.15) is 36.1 Å². The number of amides is 2. The van der Waals surface area contributed by atoms with Crippen molar-refractivity contribution in [2.45, 2.75) is 83.3 Å². The Bertz CT molecular complexity index is 1550. The van der Waals surface area contributed by atoms with E-state index in [2.05, 4.69) is 57.0 Å². The van der Waals surface area contributed by atoms with Gasteiger partial charge in [0, 0.05) is 24.1 Å². The summed E-state index contributed by atoms with van der Waals surface area (Å²) in [4.78, 5) is 26.0. The van der Waals surface area contributed by atoms with Crippen molar-refractivity contribution in [2.75, 3.05) is 19.7 Å². The summed E-state index contributed by atoms with van der Waals surface area (Å²) in [5.41, 5.74) is 6.59. The number of carbonyl (C=O) groups is 2. The minimum Gasteiger partial charge on any atom is -0.492 e.